The van der Waals surface area contributed by atoms with E-state index >= 15 is 0 Å². The molecule has 148 valence electrons. The molecule has 1 saturated carbocycles. The van der Waals surface area contributed by atoms with E-state index in [1.54, 1.807) is 31.5 Å². The molecule has 0 saturated heterocycles. The number of halogens is 1. The van der Waals surface area contributed by atoms with Crippen LogP contribution in [0.15, 0.2) is 48.8 Å². The summed E-state index contributed by atoms with van der Waals surface area (Å²) in [7, 11) is 1.61. The van der Waals surface area contributed by atoms with Crippen molar-refractivity contribution in [3.63, 3.8) is 0 Å². The maximum atomic E-state index is 12.6. The van der Waals surface area contributed by atoms with Crippen LogP contribution in [0.3, 0.4) is 0 Å². The Morgan fingerprint density at radius 2 is 2.04 bits per heavy atom. The van der Waals surface area contributed by atoms with E-state index in [1.165, 1.54) is 6.20 Å². The highest BCUT2D eigenvalue weighted by Crippen LogP contribution is 2.27. The average molecular weight is 402 g/mol. The first kappa shape index (κ1) is 20.3. The first-order valence-corrected chi connectivity index (χ1v) is 9.71. The largest absolute Gasteiger partial charge is 0.379 e. The smallest absolute Gasteiger partial charge is 0.253 e. The number of hydrogen-bond acceptors (Lipinski definition) is 4. The van der Waals surface area contributed by atoms with Gasteiger partial charge in [0.2, 0.25) is 5.91 Å². The summed E-state index contributed by atoms with van der Waals surface area (Å²) in [5.41, 5.74) is 1.40. The molecule has 2 amide bonds. The molecule has 1 aromatic carbocycles. The molecule has 0 radical (unpaired) electrons. The third-order valence-corrected chi connectivity index (χ3v) is 5.49. The van der Waals surface area contributed by atoms with Crippen LogP contribution in [0.25, 0.3) is 0 Å². The molecule has 1 aliphatic carbocycles. The van der Waals surface area contributed by atoms with Crippen molar-refractivity contribution in [2.24, 2.45) is 5.92 Å². The van der Waals surface area contributed by atoms with Gasteiger partial charge in [-0.2, -0.15) is 0 Å². The van der Waals surface area contributed by atoms with Crippen LogP contribution in [-0.2, 0) is 16.1 Å². The lowest BCUT2D eigenvalue weighted by molar-refractivity contribution is -0.128. The quantitative estimate of drug-likeness (QED) is 0.779. The Morgan fingerprint density at radius 3 is 2.75 bits per heavy atom. The number of nitrogens with zero attached hydrogens (tertiary/aromatic N) is 1. The zero-order chi connectivity index (χ0) is 19.9. The summed E-state index contributed by atoms with van der Waals surface area (Å²) in [4.78, 5) is 28.9. The fraction of sp³-hybridized carbons (Fsp3) is 0.381. The molecule has 1 aliphatic rings. The lowest BCUT2D eigenvalue weighted by atomic mass is 9.83. The molecule has 7 heteroatoms. The molecular formula is C21H24ClN3O3. The second-order valence-electron chi connectivity index (χ2n) is 6.91. The van der Waals surface area contributed by atoms with Gasteiger partial charge in [-0.05, 0) is 43.0 Å². The summed E-state index contributed by atoms with van der Waals surface area (Å²) in [5.74, 6) is -0.347. The summed E-state index contributed by atoms with van der Waals surface area (Å²) < 4.78 is 5.57. The SMILES string of the molecule is CO[C@H]1C[C@@H](C(=O)NCc2ccccc2Cl)CC[C@@H]1NC(=O)c1cccnc1. The van der Waals surface area contributed by atoms with E-state index in [1.807, 2.05) is 18.2 Å². The topological polar surface area (TPSA) is 80.3 Å². The number of amides is 2. The van der Waals surface area contributed by atoms with E-state index in [9.17, 15) is 9.59 Å². The Labute approximate surface area is 169 Å². The summed E-state index contributed by atoms with van der Waals surface area (Å²) >= 11 is 6.14. The maximum absolute atomic E-state index is 12.6. The van der Waals surface area contributed by atoms with Crippen molar-refractivity contribution in [2.75, 3.05) is 7.11 Å². The number of nitrogens with one attached hydrogen (secondary N) is 2. The second-order valence-corrected chi connectivity index (χ2v) is 7.32. The number of hydrogen-bond donors (Lipinski definition) is 2. The van der Waals surface area contributed by atoms with Gasteiger partial charge in [0.25, 0.3) is 5.91 Å². The Morgan fingerprint density at radius 1 is 1.21 bits per heavy atom. The molecular weight excluding hydrogens is 378 g/mol. The molecule has 28 heavy (non-hydrogen) atoms. The van der Waals surface area contributed by atoms with Crippen LogP contribution >= 0.6 is 11.6 Å². The third kappa shape index (κ3) is 5.09. The number of ether oxygens (including phenoxy) is 1. The van der Waals surface area contributed by atoms with Gasteiger partial charge in [-0.3, -0.25) is 14.6 Å². The van der Waals surface area contributed by atoms with E-state index in [0.29, 0.717) is 36.4 Å². The highest BCUT2D eigenvalue weighted by atomic mass is 35.5. The highest BCUT2D eigenvalue weighted by molar-refractivity contribution is 6.31. The average Bonchev–Trinajstić information content (AvgIpc) is 2.73. The van der Waals surface area contributed by atoms with Crippen molar-refractivity contribution >= 4 is 23.4 Å². The van der Waals surface area contributed by atoms with E-state index in [2.05, 4.69) is 15.6 Å². The predicted molar refractivity (Wildman–Crippen MR) is 107 cm³/mol. The number of pyridine rings is 1. The Balaban J connectivity index is 1.54. The first-order valence-electron chi connectivity index (χ1n) is 9.33. The van der Waals surface area contributed by atoms with E-state index in [4.69, 9.17) is 16.3 Å². The molecule has 1 heterocycles. The number of rotatable bonds is 6. The number of methoxy groups -OCH3 is 1. The van der Waals surface area contributed by atoms with Crippen molar-refractivity contribution in [1.29, 1.82) is 0 Å². The predicted octanol–water partition coefficient (Wildman–Crippen LogP) is 2.96. The van der Waals surface area contributed by atoms with E-state index in [0.717, 1.165) is 5.56 Å². The standard InChI is InChI=1S/C21H24ClN3O3/c1-28-19-11-14(20(26)24-13-15-5-2-3-7-17(15)22)8-9-18(19)25-21(27)16-6-4-10-23-12-16/h2-7,10,12,14,18-19H,8-9,11,13H2,1H3,(H,24,26)(H,25,27)/t14-,18-,19-/m0/s1. The minimum atomic E-state index is -0.217. The van der Waals surface area contributed by atoms with Crippen LogP contribution in [-0.4, -0.2) is 36.1 Å². The molecule has 0 aliphatic heterocycles. The zero-order valence-electron chi connectivity index (χ0n) is 15.7. The number of carbonyl (C=O) groups excluding carboxylic acids is 2. The minimum Gasteiger partial charge on any atom is -0.379 e. The van der Waals surface area contributed by atoms with Crippen LogP contribution < -0.4 is 10.6 Å². The maximum Gasteiger partial charge on any atom is 0.253 e. The van der Waals surface area contributed by atoms with Gasteiger partial charge in [0.05, 0.1) is 17.7 Å². The van der Waals surface area contributed by atoms with Gasteiger partial charge in [-0.25, -0.2) is 0 Å². The van der Waals surface area contributed by atoms with E-state index in [-0.39, 0.29) is 29.9 Å². The van der Waals surface area contributed by atoms with Gasteiger partial charge in [0, 0.05) is 37.0 Å². The molecule has 1 fully saturated rings. The zero-order valence-corrected chi connectivity index (χ0v) is 16.5. The molecule has 3 atom stereocenters. The van der Waals surface area contributed by atoms with Gasteiger partial charge < -0.3 is 15.4 Å². The van der Waals surface area contributed by atoms with Gasteiger partial charge in [0.1, 0.15) is 0 Å². The van der Waals surface area contributed by atoms with Gasteiger partial charge in [-0.1, -0.05) is 29.8 Å². The summed E-state index contributed by atoms with van der Waals surface area (Å²) in [6.45, 7) is 0.397. The fourth-order valence-electron chi connectivity index (χ4n) is 3.51. The van der Waals surface area contributed by atoms with Crippen LogP contribution in [0.4, 0.5) is 0 Å². The van der Waals surface area contributed by atoms with E-state index < -0.39 is 0 Å². The van der Waals surface area contributed by atoms with Crippen molar-refractivity contribution in [3.05, 3.63) is 64.9 Å². The normalized spacial score (nSPS) is 21.7. The van der Waals surface area contributed by atoms with Crippen molar-refractivity contribution in [2.45, 2.75) is 38.0 Å². The van der Waals surface area contributed by atoms with Crippen molar-refractivity contribution in [3.8, 4) is 0 Å². The monoisotopic (exact) mass is 401 g/mol. The van der Waals surface area contributed by atoms with Crippen LogP contribution in [0.5, 0.6) is 0 Å². The second kappa shape index (κ2) is 9.66. The molecule has 0 unspecified atom stereocenters. The fourth-order valence-corrected chi connectivity index (χ4v) is 3.71. The Hall–Kier alpha value is -2.44. The molecule has 3 rings (SSSR count). The minimum absolute atomic E-state index is 0.0148. The summed E-state index contributed by atoms with van der Waals surface area (Å²) in [6.07, 6.45) is 4.86. The third-order valence-electron chi connectivity index (χ3n) is 5.12. The molecule has 1 aromatic heterocycles. The highest BCUT2D eigenvalue weighted by Gasteiger charge is 2.35. The lowest BCUT2D eigenvalue weighted by Crippen LogP contribution is -2.49. The van der Waals surface area contributed by atoms with Crippen LogP contribution in [0.1, 0.15) is 35.2 Å². The molecule has 0 bridgehead atoms. The molecule has 0 spiro atoms. The number of carbonyl (C=O) groups is 2. The Bertz CT molecular complexity index is 816. The molecule has 2 N–H and O–H groups in total. The number of benzene rings is 1. The summed E-state index contributed by atoms with van der Waals surface area (Å²) in [6, 6.07) is 10.8. The van der Waals surface area contributed by atoms with Gasteiger partial charge in [-0.15, -0.1) is 0 Å². The first-order chi connectivity index (χ1) is 13.6. The van der Waals surface area contributed by atoms with Crippen LogP contribution in [0, 0.1) is 5.92 Å². The molecule has 6 nitrogen and oxygen atoms in total. The summed E-state index contributed by atoms with van der Waals surface area (Å²) in [5, 5.41) is 6.61. The lowest BCUT2D eigenvalue weighted by Gasteiger charge is -2.35. The van der Waals surface area contributed by atoms with Crippen molar-refractivity contribution in [1.82, 2.24) is 15.6 Å². The number of aromatic nitrogens is 1. The van der Waals surface area contributed by atoms with Crippen molar-refractivity contribution < 1.29 is 14.3 Å². The van der Waals surface area contributed by atoms with Gasteiger partial charge in [0.15, 0.2) is 0 Å². The Kier molecular flexibility index (Phi) is 7.01. The molecule has 2 aromatic rings. The van der Waals surface area contributed by atoms with Crippen LogP contribution in [0.2, 0.25) is 5.02 Å². The van der Waals surface area contributed by atoms with Gasteiger partial charge >= 0.3 is 0 Å².